The number of ether oxygens (including phenoxy) is 1. The Hall–Kier alpha value is -4.11. The number of aliphatic hydroxyl groups excluding tert-OH is 2. The molecule has 2 aromatic rings. The van der Waals surface area contributed by atoms with E-state index in [1.165, 1.54) is 12.1 Å². The lowest BCUT2D eigenvalue weighted by atomic mass is 10.0. The van der Waals surface area contributed by atoms with E-state index in [-0.39, 0.29) is 18.4 Å². The molecule has 3 aliphatic rings. The van der Waals surface area contributed by atoms with E-state index in [0.717, 1.165) is 24.3 Å². The van der Waals surface area contributed by atoms with Crippen molar-refractivity contribution in [1.82, 2.24) is 14.8 Å². The number of aliphatic carboxylic acids is 2. The van der Waals surface area contributed by atoms with Crippen LogP contribution in [0.15, 0.2) is 18.2 Å². The Morgan fingerprint density at radius 2 is 1.83 bits per heavy atom. The molecule has 1 aromatic carbocycles. The van der Waals surface area contributed by atoms with Crippen molar-refractivity contribution in [2.45, 2.75) is 32.0 Å². The number of H-pyrrole nitrogens is 1. The summed E-state index contributed by atoms with van der Waals surface area (Å²) in [6.45, 7) is 6.02. The number of nitrogens with zero attached hydrogens (tertiary/aromatic N) is 2. The Labute approximate surface area is 240 Å². The highest BCUT2D eigenvalue weighted by Gasteiger charge is 2.32. The van der Waals surface area contributed by atoms with Gasteiger partial charge < -0.3 is 40.4 Å². The van der Waals surface area contributed by atoms with Gasteiger partial charge in [0.2, 0.25) is 0 Å². The quantitative estimate of drug-likeness (QED) is 0.237. The molecule has 2 amide bonds. The lowest BCUT2D eigenvalue weighted by Crippen LogP contribution is -2.47. The molecular weight excluding hydrogens is 555 g/mol. The van der Waals surface area contributed by atoms with E-state index < -0.39 is 36.4 Å². The third-order valence-electron chi connectivity index (χ3n) is 7.21. The van der Waals surface area contributed by atoms with E-state index in [2.05, 4.69) is 15.2 Å². The van der Waals surface area contributed by atoms with Crippen molar-refractivity contribution in [3.05, 3.63) is 52.1 Å². The maximum absolute atomic E-state index is 13.8. The summed E-state index contributed by atoms with van der Waals surface area (Å²) in [5.41, 5.74) is 4.24. The summed E-state index contributed by atoms with van der Waals surface area (Å²) >= 11 is 0. The molecule has 0 aliphatic carbocycles. The standard InChI is InChI=1S/C24H27FN4O4.C4H6O5/c1-14-21(11-18-17-10-15(25)2-3-19(17)27-23(18)31)26-20-4-5-29(24(32)22(14)20)13-16(30)12-28-6-8-33-9-7-28;5-2(4(8)9)1-3(6)7/h2-3,10-11,16,26,30H,4-9,12-13H2,1H3,(H,27,31);2,5H,1H2,(H,6,7)(H,8,9)/b18-11-;/t16-;2-/m01/s1. The molecule has 14 heteroatoms. The Kier molecular flexibility index (Phi) is 9.73. The number of halogens is 1. The number of anilines is 1. The number of amides is 2. The number of aromatic nitrogens is 1. The van der Waals surface area contributed by atoms with Crippen LogP contribution in [0.25, 0.3) is 11.6 Å². The molecule has 13 nitrogen and oxygen atoms in total. The second-order valence-corrected chi connectivity index (χ2v) is 10.2. The van der Waals surface area contributed by atoms with Gasteiger partial charge in [-0.2, -0.15) is 0 Å². The van der Waals surface area contributed by atoms with Crippen LogP contribution >= 0.6 is 0 Å². The fraction of sp³-hybridized carbons (Fsp3) is 0.429. The first-order chi connectivity index (χ1) is 19.9. The van der Waals surface area contributed by atoms with Crippen molar-refractivity contribution < 1.29 is 48.7 Å². The van der Waals surface area contributed by atoms with Gasteiger partial charge in [0.1, 0.15) is 5.82 Å². The zero-order valence-corrected chi connectivity index (χ0v) is 22.9. The minimum absolute atomic E-state index is 0.127. The molecule has 6 N–H and O–H groups in total. The summed E-state index contributed by atoms with van der Waals surface area (Å²) in [5.74, 6) is -3.69. The van der Waals surface area contributed by atoms with Crippen molar-refractivity contribution in [3.63, 3.8) is 0 Å². The molecule has 226 valence electrons. The molecule has 0 bridgehead atoms. The van der Waals surface area contributed by atoms with E-state index in [1.54, 1.807) is 17.0 Å². The summed E-state index contributed by atoms with van der Waals surface area (Å²) in [4.78, 5) is 52.2. The van der Waals surface area contributed by atoms with Crippen LogP contribution < -0.4 is 5.32 Å². The zero-order chi connectivity index (χ0) is 30.6. The van der Waals surface area contributed by atoms with Crippen LogP contribution in [-0.2, 0) is 25.5 Å². The number of morpholine rings is 1. The number of benzene rings is 1. The van der Waals surface area contributed by atoms with Crippen LogP contribution in [0.5, 0.6) is 0 Å². The highest BCUT2D eigenvalue weighted by Crippen LogP contribution is 2.35. The molecule has 0 radical (unpaired) electrons. The lowest BCUT2D eigenvalue weighted by Gasteiger charge is -2.32. The first kappa shape index (κ1) is 30.8. The van der Waals surface area contributed by atoms with E-state index in [0.29, 0.717) is 60.8 Å². The summed E-state index contributed by atoms with van der Waals surface area (Å²) in [5, 5.41) is 37.4. The van der Waals surface area contributed by atoms with E-state index in [4.69, 9.17) is 20.1 Å². The van der Waals surface area contributed by atoms with Gasteiger partial charge in [0.25, 0.3) is 11.8 Å². The van der Waals surface area contributed by atoms with Crippen LogP contribution in [-0.4, -0.2) is 117 Å². The molecule has 0 unspecified atom stereocenters. The van der Waals surface area contributed by atoms with Crippen molar-refractivity contribution in [1.29, 1.82) is 0 Å². The molecule has 42 heavy (non-hydrogen) atoms. The summed E-state index contributed by atoms with van der Waals surface area (Å²) < 4.78 is 19.1. The zero-order valence-electron chi connectivity index (χ0n) is 22.9. The number of hydrogen-bond acceptors (Lipinski definition) is 8. The molecule has 0 saturated carbocycles. The number of carbonyl (C=O) groups excluding carboxylic acids is 2. The fourth-order valence-electron chi connectivity index (χ4n) is 5.08. The predicted molar refractivity (Wildman–Crippen MR) is 147 cm³/mol. The molecule has 1 fully saturated rings. The summed E-state index contributed by atoms with van der Waals surface area (Å²) in [6, 6.07) is 4.18. The number of hydrogen-bond donors (Lipinski definition) is 6. The fourth-order valence-corrected chi connectivity index (χ4v) is 5.08. The first-order valence-corrected chi connectivity index (χ1v) is 13.4. The van der Waals surface area contributed by atoms with Crippen molar-refractivity contribution >= 4 is 41.1 Å². The van der Waals surface area contributed by atoms with Crippen LogP contribution in [0.2, 0.25) is 0 Å². The Balaban J connectivity index is 0.000000392. The number of carboxylic acids is 2. The van der Waals surface area contributed by atoms with Crippen LogP contribution in [0.3, 0.4) is 0 Å². The molecule has 5 rings (SSSR count). The Bertz CT molecular complexity index is 1400. The van der Waals surface area contributed by atoms with Crippen LogP contribution in [0, 0.1) is 12.7 Å². The summed E-state index contributed by atoms with van der Waals surface area (Å²) in [6.07, 6.45) is -0.869. The van der Waals surface area contributed by atoms with Crippen LogP contribution in [0.4, 0.5) is 10.1 Å². The second-order valence-electron chi connectivity index (χ2n) is 10.2. The number of carboxylic acid groups (broad SMARTS) is 2. The van der Waals surface area contributed by atoms with Gasteiger partial charge in [-0.15, -0.1) is 0 Å². The average Bonchev–Trinajstić information content (AvgIpc) is 3.42. The van der Waals surface area contributed by atoms with E-state index >= 15 is 0 Å². The van der Waals surface area contributed by atoms with Gasteiger partial charge in [0, 0.05) is 61.8 Å². The van der Waals surface area contributed by atoms with Gasteiger partial charge in [-0.05, 0) is 36.8 Å². The van der Waals surface area contributed by atoms with Gasteiger partial charge in [-0.1, -0.05) is 0 Å². The number of fused-ring (bicyclic) bond motifs is 2. The van der Waals surface area contributed by atoms with Crippen molar-refractivity contribution in [2.75, 3.05) is 51.3 Å². The number of aromatic amines is 1. The highest BCUT2D eigenvalue weighted by molar-refractivity contribution is 6.35. The molecule has 4 heterocycles. The Morgan fingerprint density at radius 1 is 1.12 bits per heavy atom. The molecular formula is C28H33FN4O9. The van der Waals surface area contributed by atoms with E-state index in [9.17, 15) is 28.7 Å². The average molecular weight is 589 g/mol. The van der Waals surface area contributed by atoms with Crippen LogP contribution in [0.1, 0.15) is 39.3 Å². The summed E-state index contributed by atoms with van der Waals surface area (Å²) in [7, 11) is 0. The minimum Gasteiger partial charge on any atom is -0.481 e. The van der Waals surface area contributed by atoms with Gasteiger partial charge in [-0.25, -0.2) is 9.18 Å². The largest absolute Gasteiger partial charge is 0.481 e. The third-order valence-corrected chi connectivity index (χ3v) is 7.21. The monoisotopic (exact) mass is 588 g/mol. The number of β-amino-alcohol motifs (C(OH)–C–C–N with tert-alkyl or cyclic N) is 1. The molecule has 1 aromatic heterocycles. The minimum atomic E-state index is -1.79. The second kappa shape index (κ2) is 13.2. The lowest BCUT2D eigenvalue weighted by molar-refractivity contribution is -0.152. The van der Waals surface area contributed by atoms with Gasteiger partial charge in [0.05, 0.1) is 36.9 Å². The SMILES string of the molecule is Cc1c(/C=C2\C(=O)Nc3ccc(F)cc32)[nH]c2c1C(=O)N(C[C@@H](O)CN1CCOCC1)CC2.O=C(O)C[C@@H](O)C(=O)O. The van der Waals surface area contributed by atoms with Gasteiger partial charge >= 0.3 is 11.9 Å². The molecule has 3 aliphatic heterocycles. The topological polar surface area (TPSA) is 193 Å². The first-order valence-electron chi connectivity index (χ1n) is 13.4. The number of aliphatic hydroxyl groups is 2. The maximum atomic E-state index is 13.8. The third kappa shape index (κ3) is 7.20. The number of nitrogens with one attached hydrogen (secondary N) is 2. The molecule has 0 spiro atoms. The molecule has 1 saturated heterocycles. The smallest absolute Gasteiger partial charge is 0.333 e. The Morgan fingerprint density at radius 3 is 2.48 bits per heavy atom. The normalized spacial score (nSPS) is 19.0. The van der Waals surface area contributed by atoms with Gasteiger partial charge in [-0.3, -0.25) is 19.3 Å². The van der Waals surface area contributed by atoms with Crippen molar-refractivity contribution in [2.24, 2.45) is 0 Å². The number of rotatable bonds is 8. The number of carbonyl (C=O) groups is 4. The molecule has 2 atom stereocenters. The van der Waals surface area contributed by atoms with Crippen molar-refractivity contribution in [3.8, 4) is 0 Å². The maximum Gasteiger partial charge on any atom is 0.333 e. The highest BCUT2D eigenvalue weighted by atomic mass is 19.1. The van der Waals surface area contributed by atoms with E-state index in [1.807, 2.05) is 6.92 Å². The van der Waals surface area contributed by atoms with Gasteiger partial charge in [0.15, 0.2) is 6.10 Å². The predicted octanol–water partition coefficient (Wildman–Crippen LogP) is 0.553.